The highest BCUT2D eigenvalue weighted by atomic mass is 35.5. The monoisotopic (exact) mass is 474 g/mol. The lowest BCUT2D eigenvalue weighted by atomic mass is 10.0. The number of benzene rings is 2. The van der Waals surface area contributed by atoms with Crippen molar-refractivity contribution < 1.29 is 24.4 Å². The number of rotatable bonds is 7. The van der Waals surface area contributed by atoms with Crippen molar-refractivity contribution in [3.8, 4) is 17.2 Å². The molecule has 0 aliphatic carbocycles. The maximum atomic E-state index is 10.6. The van der Waals surface area contributed by atoms with Gasteiger partial charge in [0.05, 0.1) is 35.9 Å². The number of hydrogen-bond acceptors (Lipinski definition) is 5. The quantitative estimate of drug-likeness (QED) is 0.411. The van der Waals surface area contributed by atoms with E-state index in [1.165, 1.54) is 14.2 Å². The molecule has 5 nitrogen and oxygen atoms in total. The average molecular weight is 477 g/mol. The molecule has 2 atom stereocenters. The highest BCUT2D eigenvalue weighted by Crippen LogP contribution is 2.49. The topological polar surface area (TPSA) is 68.2 Å². The smallest absolute Gasteiger partial charge is 0.161 e. The van der Waals surface area contributed by atoms with Gasteiger partial charge in [0.2, 0.25) is 0 Å². The lowest BCUT2D eigenvalue weighted by Crippen LogP contribution is -2.29. The number of aliphatic hydroxyl groups excluding tert-OH is 2. The van der Waals surface area contributed by atoms with Crippen molar-refractivity contribution >= 4 is 58.0 Å². The number of halogens is 5. The Morgan fingerprint density at radius 3 is 1.85 bits per heavy atom. The number of methoxy groups -OCH3 is 2. The Balaban J connectivity index is 2.38. The van der Waals surface area contributed by atoms with E-state index in [2.05, 4.69) is 0 Å². The summed E-state index contributed by atoms with van der Waals surface area (Å²) in [5.41, 5.74) is 0.408. The van der Waals surface area contributed by atoms with Crippen LogP contribution in [0.1, 0.15) is 11.7 Å². The summed E-state index contributed by atoms with van der Waals surface area (Å²) in [7, 11) is 2.96. The first-order chi connectivity index (χ1) is 12.8. The van der Waals surface area contributed by atoms with Gasteiger partial charge in [0.25, 0.3) is 0 Å². The summed E-state index contributed by atoms with van der Waals surface area (Å²) in [4.78, 5) is 0. The van der Waals surface area contributed by atoms with E-state index in [0.717, 1.165) is 0 Å². The molecule has 148 valence electrons. The predicted octanol–water partition coefficient (Wildman–Crippen LogP) is 5.44. The van der Waals surface area contributed by atoms with Gasteiger partial charge in [-0.15, -0.1) is 0 Å². The van der Waals surface area contributed by atoms with Gasteiger partial charge in [-0.1, -0.05) is 64.1 Å². The Hall–Kier alpha value is -0.790. The Morgan fingerprint density at radius 1 is 0.852 bits per heavy atom. The highest BCUT2D eigenvalue weighted by Gasteiger charge is 2.28. The summed E-state index contributed by atoms with van der Waals surface area (Å²) in [6.07, 6.45) is -2.39. The maximum absolute atomic E-state index is 10.6. The Bertz CT molecular complexity index is 801. The standard InChI is InChI=1S/C17H15Cl5O5/c1-25-8-4-3-7(5-9(8)26-2)16(24)10(6-23)27-17-14(21)12(19)11(18)13(20)15(17)22/h3-5,10,16,23-24H,6H2,1-2H3. The van der Waals surface area contributed by atoms with Gasteiger partial charge in [0.15, 0.2) is 23.4 Å². The molecular weight excluding hydrogens is 461 g/mol. The van der Waals surface area contributed by atoms with Crippen molar-refractivity contribution in [3.05, 3.63) is 48.9 Å². The largest absolute Gasteiger partial charge is 0.493 e. The average Bonchev–Trinajstić information content (AvgIpc) is 2.70. The summed E-state index contributed by atoms with van der Waals surface area (Å²) in [5.74, 6) is 0.785. The van der Waals surface area contributed by atoms with E-state index < -0.39 is 18.8 Å². The van der Waals surface area contributed by atoms with Crippen LogP contribution in [0, 0.1) is 0 Å². The van der Waals surface area contributed by atoms with Crippen LogP contribution in [0.25, 0.3) is 0 Å². The third-order valence-electron chi connectivity index (χ3n) is 3.72. The van der Waals surface area contributed by atoms with E-state index in [-0.39, 0.29) is 30.9 Å². The molecule has 2 aromatic rings. The van der Waals surface area contributed by atoms with Gasteiger partial charge in [-0.05, 0) is 17.7 Å². The fourth-order valence-electron chi connectivity index (χ4n) is 2.29. The molecule has 2 rings (SSSR count). The van der Waals surface area contributed by atoms with Crippen LogP contribution < -0.4 is 14.2 Å². The van der Waals surface area contributed by atoms with Crippen molar-refractivity contribution in [1.82, 2.24) is 0 Å². The second kappa shape index (κ2) is 9.61. The zero-order chi connectivity index (χ0) is 20.3. The van der Waals surface area contributed by atoms with Crippen molar-refractivity contribution in [2.45, 2.75) is 12.2 Å². The first-order valence-electron chi connectivity index (χ1n) is 7.45. The van der Waals surface area contributed by atoms with Crippen LogP contribution in [0.2, 0.25) is 25.1 Å². The van der Waals surface area contributed by atoms with Crippen molar-refractivity contribution in [3.63, 3.8) is 0 Å². The third-order valence-corrected chi connectivity index (χ3v) is 5.96. The minimum atomic E-state index is -1.25. The highest BCUT2D eigenvalue weighted by molar-refractivity contribution is 6.55. The molecule has 0 aromatic heterocycles. The molecule has 0 bridgehead atoms. The van der Waals surface area contributed by atoms with Crippen LogP contribution in [0.3, 0.4) is 0 Å². The summed E-state index contributed by atoms with van der Waals surface area (Å²) >= 11 is 30.2. The van der Waals surface area contributed by atoms with Crippen LogP contribution in [-0.4, -0.2) is 37.1 Å². The minimum absolute atomic E-state index is 0.0262. The molecule has 27 heavy (non-hydrogen) atoms. The second-order valence-electron chi connectivity index (χ2n) is 5.30. The molecular formula is C17H15Cl5O5. The first kappa shape index (κ1) is 22.5. The summed E-state index contributed by atoms with van der Waals surface area (Å²) < 4.78 is 16.0. The molecule has 0 fully saturated rings. The zero-order valence-corrected chi connectivity index (χ0v) is 17.9. The number of aliphatic hydroxyl groups is 2. The Kier molecular flexibility index (Phi) is 8.01. The number of hydrogen-bond donors (Lipinski definition) is 2. The molecule has 0 aliphatic heterocycles. The lowest BCUT2D eigenvalue weighted by molar-refractivity contribution is 0.000787. The molecule has 0 aliphatic rings. The molecule has 0 radical (unpaired) electrons. The van der Waals surface area contributed by atoms with Crippen molar-refractivity contribution in [2.24, 2.45) is 0 Å². The molecule has 0 saturated heterocycles. The van der Waals surface area contributed by atoms with Gasteiger partial charge in [-0.3, -0.25) is 0 Å². The van der Waals surface area contributed by atoms with Gasteiger partial charge < -0.3 is 24.4 Å². The SMILES string of the molecule is COc1ccc(C(O)C(CO)Oc2c(Cl)c(Cl)c(Cl)c(Cl)c2Cl)cc1OC. The Labute approximate surface area is 181 Å². The maximum Gasteiger partial charge on any atom is 0.161 e. The third kappa shape index (κ3) is 4.62. The van der Waals surface area contributed by atoms with Crippen molar-refractivity contribution in [1.29, 1.82) is 0 Å². The van der Waals surface area contributed by atoms with E-state index in [9.17, 15) is 10.2 Å². The predicted molar refractivity (Wildman–Crippen MR) is 107 cm³/mol. The number of ether oxygens (including phenoxy) is 3. The summed E-state index contributed by atoms with van der Waals surface area (Å²) in [6, 6.07) is 4.77. The summed E-state index contributed by atoms with van der Waals surface area (Å²) in [5, 5.41) is 20.0. The van der Waals surface area contributed by atoms with Crippen LogP contribution in [-0.2, 0) is 0 Å². The molecule has 2 unspecified atom stereocenters. The first-order valence-corrected chi connectivity index (χ1v) is 9.34. The second-order valence-corrected chi connectivity index (χ2v) is 7.19. The van der Waals surface area contributed by atoms with E-state index in [4.69, 9.17) is 72.2 Å². The fraction of sp³-hybridized carbons (Fsp3) is 0.294. The van der Waals surface area contributed by atoms with Gasteiger partial charge in [0.1, 0.15) is 16.1 Å². The molecule has 0 amide bonds. The van der Waals surface area contributed by atoms with Crippen molar-refractivity contribution in [2.75, 3.05) is 20.8 Å². The Morgan fingerprint density at radius 2 is 1.37 bits per heavy atom. The molecule has 0 heterocycles. The van der Waals surface area contributed by atoms with Crippen LogP contribution >= 0.6 is 58.0 Å². The fourth-order valence-corrected chi connectivity index (χ4v) is 3.50. The van der Waals surface area contributed by atoms with Gasteiger partial charge in [0, 0.05) is 0 Å². The van der Waals surface area contributed by atoms with E-state index in [1.807, 2.05) is 0 Å². The molecule has 2 aromatic carbocycles. The molecule has 2 N–H and O–H groups in total. The lowest BCUT2D eigenvalue weighted by Gasteiger charge is -2.25. The van der Waals surface area contributed by atoms with Crippen LogP contribution in [0.5, 0.6) is 17.2 Å². The summed E-state index contributed by atoms with van der Waals surface area (Å²) in [6.45, 7) is -0.556. The molecule has 0 spiro atoms. The van der Waals surface area contributed by atoms with E-state index in [0.29, 0.717) is 17.1 Å². The van der Waals surface area contributed by atoms with E-state index >= 15 is 0 Å². The van der Waals surface area contributed by atoms with Gasteiger partial charge >= 0.3 is 0 Å². The normalized spacial score (nSPS) is 13.2. The van der Waals surface area contributed by atoms with Gasteiger partial charge in [-0.25, -0.2) is 0 Å². The zero-order valence-electron chi connectivity index (χ0n) is 14.1. The van der Waals surface area contributed by atoms with Gasteiger partial charge in [-0.2, -0.15) is 0 Å². The van der Waals surface area contributed by atoms with Crippen LogP contribution in [0.15, 0.2) is 18.2 Å². The molecule has 10 heteroatoms. The minimum Gasteiger partial charge on any atom is -0.493 e. The molecule has 0 saturated carbocycles. The van der Waals surface area contributed by atoms with E-state index in [1.54, 1.807) is 18.2 Å². The van der Waals surface area contributed by atoms with Crippen LogP contribution in [0.4, 0.5) is 0 Å².